The van der Waals surface area contributed by atoms with Crippen LogP contribution in [0.5, 0.6) is 0 Å². The van der Waals surface area contributed by atoms with Gasteiger partial charge in [-0.05, 0) is 33.0 Å². The van der Waals surface area contributed by atoms with Gasteiger partial charge in [0, 0.05) is 0 Å². The second-order valence-corrected chi connectivity index (χ2v) is 2.36. The molecule has 11 heavy (non-hydrogen) atoms. The van der Waals surface area contributed by atoms with Crippen LogP contribution in [-0.4, -0.2) is 25.0 Å². The fraction of sp³-hybridized carbons (Fsp3) is 0.889. The summed E-state index contributed by atoms with van der Waals surface area (Å²) in [4.78, 5) is 2.39. The Kier molecular flexibility index (Phi) is 17.6. The van der Waals surface area contributed by atoms with Gasteiger partial charge in [-0.15, -0.1) is 0 Å². The summed E-state index contributed by atoms with van der Waals surface area (Å²) in [5, 5.41) is 0. The van der Waals surface area contributed by atoms with E-state index in [0.717, 1.165) is 0 Å². The summed E-state index contributed by atoms with van der Waals surface area (Å²) in [6.45, 7) is 6.64. The zero-order chi connectivity index (χ0) is 7.11. The van der Waals surface area contributed by atoms with Gasteiger partial charge in [0.2, 0.25) is 0 Å². The fourth-order valence-corrected chi connectivity index (χ4v) is 1.05. The minimum Gasteiger partial charge on any atom is -0.358 e. The van der Waals surface area contributed by atoms with Crippen LogP contribution in [0.1, 0.15) is 33.1 Å². The molecule has 0 N–H and O–H groups in total. The van der Waals surface area contributed by atoms with Crippen LogP contribution in [-0.2, 0) is 0 Å². The molecule has 0 bridgehead atoms. The molecule has 0 aromatic carbocycles. The summed E-state index contributed by atoms with van der Waals surface area (Å²) in [5.41, 5.74) is 0. The van der Waals surface area contributed by atoms with E-state index in [2.05, 4.69) is 11.9 Å². The molecular formula is C9H22NRf-. The maximum atomic E-state index is 2.39. The van der Waals surface area contributed by atoms with Crippen LogP contribution in [0.2, 0.25) is 0 Å². The predicted molar refractivity (Wildman–Crippen MR) is 49.1 cm³/mol. The van der Waals surface area contributed by atoms with Crippen molar-refractivity contribution in [3.8, 4) is 0 Å². The Bertz CT molecular complexity index is 51.5. The van der Waals surface area contributed by atoms with E-state index < -0.39 is 0 Å². The van der Waals surface area contributed by atoms with Gasteiger partial charge in [0.05, 0.1) is 0 Å². The van der Waals surface area contributed by atoms with E-state index in [-0.39, 0.29) is 7.43 Å². The van der Waals surface area contributed by atoms with E-state index in [4.69, 9.17) is 0 Å². The van der Waals surface area contributed by atoms with E-state index in [0.29, 0.717) is 0 Å². The zero-order valence-corrected chi connectivity index (χ0v) is 15.1. The minimum atomic E-state index is 0. The summed E-state index contributed by atoms with van der Waals surface area (Å²) in [6, 6.07) is 0. The van der Waals surface area contributed by atoms with Crippen molar-refractivity contribution in [2.75, 3.05) is 20.1 Å². The van der Waals surface area contributed by atoms with Crippen LogP contribution in [0.3, 0.4) is 0 Å². The van der Waals surface area contributed by atoms with Crippen molar-refractivity contribution >= 4 is 0 Å². The second-order valence-electron chi connectivity index (χ2n) is 2.36. The molecule has 1 fully saturated rings. The van der Waals surface area contributed by atoms with Crippen molar-refractivity contribution in [3.05, 3.63) is 7.43 Å². The summed E-state index contributed by atoms with van der Waals surface area (Å²) in [5.74, 6) is 0. The van der Waals surface area contributed by atoms with Crippen molar-refractivity contribution < 1.29 is 0 Å². The largest absolute Gasteiger partial charge is 0.358 e. The molecule has 1 saturated heterocycles. The van der Waals surface area contributed by atoms with E-state index in [9.17, 15) is 0 Å². The Morgan fingerprint density at radius 2 is 1.27 bits per heavy atom. The van der Waals surface area contributed by atoms with Gasteiger partial charge in [-0.1, -0.05) is 20.3 Å². The van der Waals surface area contributed by atoms with E-state index in [1.807, 2.05) is 13.8 Å². The molecule has 66 valence electrons. The molecule has 1 aliphatic rings. The first-order chi connectivity index (χ1) is 4.39. The first kappa shape index (κ1) is 16.5. The Morgan fingerprint density at radius 3 is 1.45 bits per heavy atom. The molecule has 0 amide bonds. The number of piperidine rings is 1. The van der Waals surface area contributed by atoms with Gasteiger partial charge < -0.3 is 12.3 Å². The normalized spacial score (nSPS) is 16.6. The third kappa shape index (κ3) is 8.96. The number of hydrogen-bond donors (Lipinski definition) is 0. The molecule has 0 radical (unpaired) electrons. The first-order valence-electron chi connectivity index (χ1n) is 4.08. The van der Waals surface area contributed by atoms with Crippen molar-refractivity contribution in [2.24, 2.45) is 0 Å². The SMILES string of the molecule is CC.CN1CCCCC1.[CH3-].[Rf]. The summed E-state index contributed by atoms with van der Waals surface area (Å²) >= 11 is 0. The van der Waals surface area contributed by atoms with Crippen LogP contribution in [0.4, 0.5) is 0 Å². The number of likely N-dealkylation sites (tertiary alicyclic amines) is 1. The molecule has 2 heteroatoms. The molecule has 0 saturated carbocycles. The molecule has 0 aromatic rings. The molecular weight excluding hydrogens is 389 g/mol. The van der Waals surface area contributed by atoms with Crippen LogP contribution >= 0.6 is 0 Å². The molecule has 0 atom stereocenters. The van der Waals surface area contributed by atoms with Crippen LogP contribution in [0.25, 0.3) is 0 Å². The average molecular weight is 411 g/mol. The van der Waals surface area contributed by atoms with Gasteiger partial charge in [-0.3, -0.25) is 0 Å². The van der Waals surface area contributed by atoms with Gasteiger partial charge >= 0.3 is 0 Å². The van der Waals surface area contributed by atoms with Crippen molar-refractivity contribution in [2.45, 2.75) is 33.1 Å². The van der Waals surface area contributed by atoms with Crippen LogP contribution < -0.4 is 0 Å². The molecule has 0 spiro atoms. The summed E-state index contributed by atoms with van der Waals surface area (Å²) in [7, 11) is 2.19. The molecule has 1 aliphatic heterocycles. The quantitative estimate of drug-likeness (QED) is 0.554. The third-order valence-corrected chi connectivity index (χ3v) is 1.58. The molecule has 1 heterocycles. The summed E-state index contributed by atoms with van der Waals surface area (Å²) in [6.07, 6.45) is 4.28. The average Bonchev–Trinajstić information content (AvgIpc) is 1.94. The number of rotatable bonds is 0. The number of hydrogen-bond acceptors (Lipinski definition) is 1. The zero-order valence-electron chi connectivity index (χ0n) is 8.69. The van der Waals surface area contributed by atoms with Gasteiger partial charge in [-0.25, -0.2) is 0 Å². The molecule has 0 aromatic heterocycles. The van der Waals surface area contributed by atoms with Gasteiger partial charge in [0.1, 0.15) is 0 Å². The molecule has 0 aliphatic carbocycles. The predicted octanol–water partition coefficient (Wildman–Crippen LogP) is 2.58. The van der Waals surface area contributed by atoms with Crippen molar-refractivity contribution in [3.63, 3.8) is 0 Å². The van der Waals surface area contributed by atoms with Crippen LogP contribution in [0.15, 0.2) is 0 Å². The maximum Gasteiger partial charge on any atom is 0 e. The monoisotopic (exact) mass is 411 g/mol. The minimum absolute atomic E-state index is 0. The first-order valence-corrected chi connectivity index (χ1v) is 4.08. The molecule has 0 unspecified atom stereocenters. The number of nitrogens with zero attached hydrogens (tertiary/aromatic N) is 1. The smallest absolute Gasteiger partial charge is 0 e. The Morgan fingerprint density at radius 1 is 0.909 bits per heavy atom. The van der Waals surface area contributed by atoms with Crippen molar-refractivity contribution in [1.82, 2.24) is 4.90 Å². The van der Waals surface area contributed by atoms with E-state index in [1.165, 1.54) is 32.4 Å². The summed E-state index contributed by atoms with van der Waals surface area (Å²) < 4.78 is 0. The van der Waals surface area contributed by atoms with Crippen LogP contribution in [0, 0.1) is 7.43 Å². The Labute approximate surface area is 66.4 Å². The standard InChI is InChI=1S/C6H13N.C2H6.CH3.Rf/c1-7-5-3-2-4-6-7;1-2;;/h2-6H2,1H3;1-2H3;1H3;/q;;-1;. The van der Waals surface area contributed by atoms with Gasteiger partial charge in [0.15, 0.2) is 0 Å². The topological polar surface area (TPSA) is 3.24 Å². The van der Waals surface area contributed by atoms with Gasteiger partial charge in [-0.2, -0.15) is 0 Å². The molecule has 1 rings (SSSR count). The van der Waals surface area contributed by atoms with E-state index >= 15 is 0 Å². The maximum absolute atomic E-state index is 2.39. The fourth-order valence-electron chi connectivity index (χ4n) is 1.05. The van der Waals surface area contributed by atoms with Gasteiger partial charge in [0.25, 0.3) is 0 Å². The Hall–Kier alpha value is -1.04. The third-order valence-electron chi connectivity index (χ3n) is 1.58. The Balaban J connectivity index is -0.000000149. The van der Waals surface area contributed by atoms with Crippen molar-refractivity contribution in [1.29, 1.82) is 0 Å². The second kappa shape index (κ2) is 11.7. The molecule has 1 nitrogen and oxygen atoms in total. The van der Waals surface area contributed by atoms with E-state index in [1.54, 1.807) is 0 Å².